The van der Waals surface area contributed by atoms with Crippen molar-refractivity contribution >= 4 is 10.8 Å². The van der Waals surface area contributed by atoms with Gasteiger partial charge in [0.05, 0.1) is 17.4 Å². The molecule has 1 aliphatic heterocycles. The van der Waals surface area contributed by atoms with E-state index in [2.05, 4.69) is 11.0 Å². The first-order chi connectivity index (χ1) is 5.56. The molecule has 0 N–H and O–H groups in total. The van der Waals surface area contributed by atoms with Crippen molar-refractivity contribution in [3.8, 4) is 6.07 Å². The predicted octanol–water partition coefficient (Wildman–Crippen LogP) is 0.353. The minimum atomic E-state index is -0.726. The normalized spacial score (nSPS) is 29.6. The molecule has 0 aromatic heterocycles. The molecule has 0 aromatic rings. The SMILES string of the molecule is CC1(C)CN(CC#N)CCS1=O. The van der Waals surface area contributed by atoms with Crippen LogP contribution in [-0.4, -0.2) is 39.2 Å². The zero-order valence-corrected chi connectivity index (χ0v) is 8.36. The molecule has 0 aromatic carbocycles. The molecule has 12 heavy (non-hydrogen) atoms. The number of nitriles is 1. The Bertz CT molecular complexity index is 232. The quantitative estimate of drug-likeness (QED) is 0.555. The highest BCUT2D eigenvalue weighted by molar-refractivity contribution is 7.86. The van der Waals surface area contributed by atoms with Crippen molar-refractivity contribution in [2.45, 2.75) is 18.6 Å². The van der Waals surface area contributed by atoms with Gasteiger partial charge in [-0.15, -0.1) is 0 Å². The van der Waals surface area contributed by atoms with Gasteiger partial charge in [-0.05, 0) is 13.8 Å². The summed E-state index contributed by atoms with van der Waals surface area (Å²) in [5, 5.41) is 8.49. The highest BCUT2D eigenvalue weighted by atomic mass is 32.2. The molecule has 1 fully saturated rings. The molecule has 1 saturated heterocycles. The van der Waals surface area contributed by atoms with Crippen LogP contribution >= 0.6 is 0 Å². The van der Waals surface area contributed by atoms with Gasteiger partial charge in [-0.2, -0.15) is 5.26 Å². The largest absolute Gasteiger partial charge is 0.288 e. The van der Waals surface area contributed by atoms with E-state index in [1.54, 1.807) is 0 Å². The van der Waals surface area contributed by atoms with Crippen LogP contribution in [0.2, 0.25) is 0 Å². The average molecular weight is 186 g/mol. The molecular weight excluding hydrogens is 172 g/mol. The van der Waals surface area contributed by atoms with Crippen molar-refractivity contribution in [2.75, 3.05) is 25.4 Å². The van der Waals surface area contributed by atoms with Gasteiger partial charge in [0.15, 0.2) is 0 Å². The fraction of sp³-hybridized carbons (Fsp3) is 0.875. The van der Waals surface area contributed by atoms with Crippen molar-refractivity contribution in [2.24, 2.45) is 0 Å². The summed E-state index contributed by atoms with van der Waals surface area (Å²) < 4.78 is 11.3. The second-order valence-electron chi connectivity index (χ2n) is 3.68. The van der Waals surface area contributed by atoms with Gasteiger partial charge < -0.3 is 0 Å². The first-order valence-corrected chi connectivity index (χ1v) is 5.36. The molecule has 1 aliphatic rings. The van der Waals surface area contributed by atoms with E-state index >= 15 is 0 Å². The minimum Gasteiger partial charge on any atom is -0.288 e. The van der Waals surface area contributed by atoms with Crippen LogP contribution in [0.3, 0.4) is 0 Å². The minimum absolute atomic E-state index is 0.144. The van der Waals surface area contributed by atoms with Gasteiger partial charge in [0.1, 0.15) is 0 Å². The van der Waals surface area contributed by atoms with Crippen LogP contribution < -0.4 is 0 Å². The highest BCUT2D eigenvalue weighted by Gasteiger charge is 2.32. The molecule has 4 heteroatoms. The first kappa shape index (κ1) is 9.69. The van der Waals surface area contributed by atoms with E-state index in [0.717, 1.165) is 13.1 Å². The molecule has 3 nitrogen and oxygen atoms in total. The summed E-state index contributed by atoms with van der Waals surface area (Å²) in [6, 6.07) is 2.12. The van der Waals surface area contributed by atoms with E-state index in [-0.39, 0.29) is 4.75 Å². The number of rotatable bonds is 1. The smallest absolute Gasteiger partial charge is 0.0866 e. The van der Waals surface area contributed by atoms with Crippen molar-refractivity contribution in [1.29, 1.82) is 5.26 Å². The number of hydrogen-bond acceptors (Lipinski definition) is 3. The van der Waals surface area contributed by atoms with Gasteiger partial charge in [0.2, 0.25) is 0 Å². The average Bonchev–Trinajstić information content (AvgIpc) is 1.97. The van der Waals surface area contributed by atoms with E-state index < -0.39 is 10.8 Å². The lowest BCUT2D eigenvalue weighted by Gasteiger charge is -2.35. The molecule has 1 rings (SSSR count). The highest BCUT2D eigenvalue weighted by Crippen LogP contribution is 2.19. The number of hydrogen-bond donors (Lipinski definition) is 0. The summed E-state index contributed by atoms with van der Waals surface area (Å²) in [4.78, 5) is 2.06. The lowest BCUT2D eigenvalue weighted by atomic mass is 10.2. The third-order valence-corrected chi connectivity index (χ3v) is 4.02. The molecule has 0 spiro atoms. The maximum absolute atomic E-state index is 11.5. The van der Waals surface area contributed by atoms with Crippen molar-refractivity contribution in [3.63, 3.8) is 0 Å². The second-order valence-corrected chi connectivity index (χ2v) is 5.88. The standard InChI is InChI=1S/C8H14N2OS/c1-8(2)7-10(4-3-9)5-6-12(8)11/h4-7H2,1-2H3. The Labute approximate surface area is 75.8 Å². The fourth-order valence-electron chi connectivity index (χ4n) is 1.41. The zero-order chi connectivity index (χ0) is 9.19. The maximum atomic E-state index is 11.5. The maximum Gasteiger partial charge on any atom is 0.0866 e. The molecule has 1 heterocycles. The Morgan fingerprint density at radius 1 is 1.67 bits per heavy atom. The van der Waals surface area contributed by atoms with Crippen LogP contribution in [0.4, 0.5) is 0 Å². The Morgan fingerprint density at radius 3 is 2.83 bits per heavy atom. The summed E-state index contributed by atoms with van der Waals surface area (Å²) in [5.74, 6) is 0.703. The third-order valence-electron chi connectivity index (χ3n) is 2.11. The van der Waals surface area contributed by atoms with Crippen LogP contribution in [0.5, 0.6) is 0 Å². The van der Waals surface area contributed by atoms with E-state index in [0.29, 0.717) is 12.3 Å². The van der Waals surface area contributed by atoms with Crippen LogP contribution in [0.15, 0.2) is 0 Å². The molecule has 0 bridgehead atoms. The monoisotopic (exact) mass is 186 g/mol. The van der Waals surface area contributed by atoms with Gasteiger partial charge in [0.25, 0.3) is 0 Å². The van der Waals surface area contributed by atoms with Crippen LogP contribution in [0, 0.1) is 11.3 Å². The van der Waals surface area contributed by atoms with Gasteiger partial charge in [-0.25, -0.2) is 0 Å². The number of nitrogens with zero attached hydrogens (tertiary/aromatic N) is 2. The van der Waals surface area contributed by atoms with E-state index in [1.807, 2.05) is 13.8 Å². The van der Waals surface area contributed by atoms with Crippen molar-refractivity contribution < 1.29 is 4.21 Å². The van der Waals surface area contributed by atoms with Crippen molar-refractivity contribution in [1.82, 2.24) is 4.90 Å². The van der Waals surface area contributed by atoms with E-state index in [4.69, 9.17) is 5.26 Å². The Kier molecular flexibility index (Phi) is 2.86. The first-order valence-electron chi connectivity index (χ1n) is 4.04. The molecule has 1 atom stereocenters. The van der Waals surface area contributed by atoms with Gasteiger partial charge in [-0.3, -0.25) is 9.11 Å². The Balaban J connectivity index is 2.58. The molecular formula is C8H14N2OS. The molecule has 1 unspecified atom stereocenters. The summed E-state index contributed by atoms with van der Waals surface area (Å²) in [6.07, 6.45) is 0. The van der Waals surface area contributed by atoms with Gasteiger partial charge >= 0.3 is 0 Å². The van der Waals surface area contributed by atoms with E-state index in [1.165, 1.54) is 0 Å². The molecule has 0 radical (unpaired) electrons. The van der Waals surface area contributed by atoms with Gasteiger partial charge in [0, 0.05) is 29.6 Å². The Hall–Kier alpha value is -0.400. The molecule has 0 amide bonds. The fourth-order valence-corrected chi connectivity index (χ4v) is 2.72. The topological polar surface area (TPSA) is 44.1 Å². The third kappa shape index (κ3) is 2.05. The van der Waals surface area contributed by atoms with Crippen LogP contribution in [0.1, 0.15) is 13.8 Å². The lowest BCUT2D eigenvalue weighted by Crippen LogP contribution is -2.49. The molecule has 0 aliphatic carbocycles. The van der Waals surface area contributed by atoms with Crippen LogP contribution in [0.25, 0.3) is 0 Å². The molecule has 68 valence electrons. The summed E-state index contributed by atoms with van der Waals surface area (Å²) in [5.41, 5.74) is 0. The summed E-state index contributed by atoms with van der Waals surface area (Å²) in [7, 11) is -0.726. The van der Waals surface area contributed by atoms with Gasteiger partial charge in [-0.1, -0.05) is 0 Å². The summed E-state index contributed by atoms with van der Waals surface area (Å²) in [6.45, 7) is 6.01. The van der Waals surface area contributed by atoms with Crippen molar-refractivity contribution in [3.05, 3.63) is 0 Å². The second kappa shape index (κ2) is 3.55. The predicted molar refractivity (Wildman–Crippen MR) is 49.1 cm³/mol. The zero-order valence-electron chi connectivity index (χ0n) is 7.54. The van der Waals surface area contributed by atoms with Crippen LogP contribution in [-0.2, 0) is 10.8 Å². The Morgan fingerprint density at radius 2 is 2.33 bits per heavy atom. The van der Waals surface area contributed by atoms with E-state index in [9.17, 15) is 4.21 Å². The summed E-state index contributed by atoms with van der Waals surface area (Å²) >= 11 is 0. The lowest BCUT2D eigenvalue weighted by molar-refractivity contribution is 0.284. The molecule has 0 saturated carbocycles.